The average Bonchev–Trinajstić information content (AvgIpc) is 3.17. The molecule has 1 unspecified atom stereocenters. The Morgan fingerprint density at radius 1 is 1.20 bits per heavy atom. The van der Waals surface area contributed by atoms with Gasteiger partial charge in [-0.05, 0) is 60.4 Å². The van der Waals surface area contributed by atoms with Crippen molar-refractivity contribution in [3.63, 3.8) is 0 Å². The maximum Gasteiger partial charge on any atom is 0.274 e. The highest BCUT2D eigenvalue weighted by Gasteiger charge is 2.30. The van der Waals surface area contributed by atoms with Gasteiger partial charge in [0.2, 0.25) is 5.95 Å². The zero-order valence-corrected chi connectivity index (χ0v) is 17.0. The zero-order chi connectivity index (χ0) is 20.8. The lowest BCUT2D eigenvalue weighted by Gasteiger charge is -2.36. The van der Waals surface area contributed by atoms with E-state index in [2.05, 4.69) is 10.1 Å². The molecule has 0 fully saturated rings. The standard InChI is InChI=1S/C23H18ClFN4O/c1-14-18-3-2-4-19(15-5-8-22(25)26-12-15)20(18)9-10-28(14)23(30)21-11-17-7-6-16(24)13-29(17)27-21/h2-8,11-14H,9-10H2,1H3. The van der Waals surface area contributed by atoms with Crippen molar-refractivity contribution in [3.05, 3.63) is 88.7 Å². The summed E-state index contributed by atoms with van der Waals surface area (Å²) in [6.07, 6.45) is 3.94. The minimum Gasteiger partial charge on any atom is -0.330 e. The monoisotopic (exact) mass is 420 g/mol. The molecule has 1 aromatic carbocycles. The molecular formula is C23H18ClFN4O. The number of nitrogens with zero attached hydrogens (tertiary/aromatic N) is 4. The van der Waals surface area contributed by atoms with E-state index in [0.717, 1.165) is 22.2 Å². The molecule has 0 bridgehead atoms. The van der Waals surface area contributed by atoms with Crippen molar-refractivity contribution in [2.24, 2.45) is 0 Å². The molecule has 1 atom stereocenters. The maximum absolute atomic E-state index is 13.2. The summed E-state index contributed by atoms with van der Waals surface area (Å²) in [5.74, 6) is -0.607. The van der Waals surface area contributed by atoms with Crippen LogP contribution in [-0.4, -0.2) is 31.9 Å². The zero-order valence-electron chi connectivity index (χ0n) is 16.2. The molecule has 5 nitrogen and oxygen atoms in total. The van der Waals surface area contributed by atoms with Crippen LogP contribution >= 0.6 is 11.6 Å². The van der Waals surface area contributed by atoms with Crippen molar-refractivity contribution in [1.29, 1.82) is 0 Å². The van der Waals surface area contributed by atoms with Gasteiger partial charge in [0.05, 0.1) is 16.6 Å². The molecular weight excluding hydrogens is 403 g/mol. The highest BCUT2D eigenvalue weighted by molar-refractivity contribution is 6.30. The Bertz CT molecular complexity index is 1270. The fourth-order valence-electron chi connectivity index (χ4n) is 4.17. The summed E-state index contributed by atoms with van der Waals surface area (Å²) >= 11 is 6.03. The quantitative estimate of drug-likeness (QED) is 0.431. The fourth-order valence-corrected chi connectivity index (χ4v) is 4.32. The van der Waals surface area contributed by atoms with Crippen LogP contribution in [0.15, 0.2) is 60.9 Å². The number of benzene rings is 1. The van der Waals surface area contributed by atoms with Crippen molar-refractivity contribution in [3.8, 4) is 11.1 Å². The number of hydrogen-bond donors (Lipinski definition) is 0. The smallest absolute Gasteiger partial charge is 0.274 e. The Morgan fingerprint density at radius 2 is 2.07 bits per heavy atom. The van der Waals surface area contributed by atoms with Gasteiger partial charge in [-0.25, -0.2) is 9.50 Å². The number of hydrogen-bond acceptors (Lipinski definition) is 3. The highest BCUT2D eigenvalue weighted by Crippen LogP contribution is 2.36. The van der Waals surface area contributed by atoms with Crippen LogP contribution < -0.4 is 0 Å². The number of pyridine rings is 2. The van der Waals surface area contributed by atoms with Crippen molar-refractivity contribution < 1.29 is 9.18 Å². The normalized spacial score (nSPS) is 16.0. The Labute approximate surface area is 177 Å². The molecule has 4 aromatic rings. The molecule has 3 aromatic heterocycles. The second kappa shape index (κ2) is 7.22. The van der Waals surface area contributed by atoms with Gasteiger partial charge in [0, 0.05) is 24.5 Å². The Hall–Kier alpha value is -3.25. The van der Waals surface area contributed by atoms with E-state index < -0.39 is 5.95 Å². The summed E-state index contributed by atoms with van der Waals surface area (Å²) in [5, 5.41) is 4.97. The summed E-state index contributed by atoms with van der Waals surface area (Å²) in [6.45, 7) is 2.60. The second-order valence-corrected chi connectivity index (χ2v) is 7.85. The van der Waals surface area contributed by atoms with Crippen molar-refractivity contribution in [1.82, 2.24) is 19.5 Å². The topological polar surface area (TPSA) is 50.5 Å². The van der Waals surface area contributed by atoms with Crippen LogP contribution in [0.1, 0.15) is 34.6 Å². The number of rotatable bonds is 2. The van der Waals surface area contributed by atoms with E-state index in [0.29, 0.717) is 23.7 Å². The molecule has 1 aliphatic rings. The molecule has 5 rings (SSSR count). The number of aromatic nitrogens is 3. The minimum absolute atomic E-state index is 0.108. The molecule has 0 N–H and O–H groups in total. The third kappa shape index (κ3) is 3.13. The van der Waals surface area contributed by atoms with E-state index in [-0.39, 0.29) is 11.9 Å². The van der Waals surface area contributed by atoms with Crippen LogP contribution in [0.5, 0.6) is 0 Å². The molecule has 30 heavy (non-hydrogen) atoms. The van der Waals surface area contributed by atoms with E-state index in [1.54, 1.807) is 35.1 Å². The lowest BCUT2D eigenvalue weighted by molar-refractivity contribution is 0.0671. The van der Waals surface area contributed by atoms with Crippen LogP contribution in [0.4, 0.5) is 4.39 Å². The molecule has 0 saturated heterocycles. The first-order chi connectivity index (χ1) is 14.5. The van der Waals surface area contributed by atoms with Crippen molar-refractivity contribution in [2.45, 2.75) is 19.4 Å². The van der Waals surface area contributed by atoms with Gasteiger partial charge < -0.3 is 4.90 Å². The van der Waals surface area contributed by atoms with Gasteiger partial charge in [0.1, 0.15) is 0 Å². The van der Waals surface area contributed by atoms with E-state index >= 15 is 0 Å². The highest BCUT2D eigenvalue weighted by atomic mass is 35.5. The SMILES string of the molecule is CC1c2cccc(-c3ccc(F)nc3)c2CCN1C(=O)c1cc2ccc(Cl)cn2n1. The van der Waals surface area contributed by atoms with Gasteiger partial charge in [0.15, 0.2) is 5.69 Å². The van der Waals surface area contributed by atoms with Gasteiger partial charge in [-0.2, -0.15) is 9.49 Å². The summed E-state index contributed by atoms with van der Waals surface area (Å²) in [4.78, 5) is 18.9. The molecule has 0 saturated carbocycles. The van der Waals surface area contributed by atoms with E-state index in [9.17, 15) is 9.18 Å². The predicted molar refractivity (Wildman–Crippen MR) is 113 cm³/mol. The van der Waals surface area contributed by atoms with Gasteiger partial charge in [0.25, 0.3) is 5.91 Å². The lowest BCUT2D eigenvalue weighted by atomic mass is 9.87. The van der Waals surface area contributed by atoms with E-state index in [1.807, 2.05) is 36.1 Å². The first-order valence-corrected chi connectivity index (χ1v) is 10.1. The Morgan fingerprint density at radius 3 is 2.87 bits per heavy atom. The first kappa shape index (κ1) is 18.8. The average molecular weight is 421 g/mol. The molecule has 0 radical (unpaired) electrons. The third-order valence-electron chi connectivity index (χ3n) is 5.67. The lowest BCUT2D eigenvalue weighted by Crippen LogP contribution is -2.39. The van der Waals surface area contributed by atoms with Crippen LogP contribution in [-0.2, 0) is 6.42 Å². The van der Waals surface area contributed by atoms with E-state index in [1.165, 1.54) is 11.6 Å². The van der Waals surface area contributed by atoms with Crippen molar-refractivity contribution in [2.75, 3.05) is 6.54 Å². The van der Waals surface area contributed by atoms with Gasteiger partial charge >= 0.3 is 0 Å². The Kier molecular flexibility index (Phi) is 4.51. The largest absolute Gasteiger partial charge is 0.330 e. The maximum atomic E-state index is 13.2. The molecule has 0 aliphatic carbocycles. The number of amides is 1. The second-order valence-electron chi connectivity index (χ2n) is 7.41. The summed E-state index contributed by atoms with van der Waals surface area (Å²) in [5.41, 5.74) is 5.37. The van der Waals surface area contributed by atoms with Crippen LogP contribution in [0.3, 0.4) is 0 Å². The number of halogens is 2. The summed E-state index contributed by atoms with van der Waals surface area (Å²) in [7, 11) is 0. The van der Waals surface area contributed by atoms with Gasteiger partial charge in [-0.15, -0.1) is 0 Å². The van der Waals surface area contributed by atoms with Gasteiger partial charge in [-0.3, -0.25) is 4.79 Å². The predicted octanol–water partition coefficient (Wildman–Crippen LogP) is 4.95. The Balaban J connectivity index is 1.48. The number of fused-ring (bicyclic) bond motifs is 2. The van der Waals surface area contributed by atoms with Gasteiger partial charge in [-0.1, -0.05) is 29.8 Å². The summed E-state index contributed by atoms with van der Waals surface area (Å²) < 4.78 is 14.9. The van der Waals surface area contributed by atoms with Crippen LogP contribution in [0.2, 0.25) is 5.02 Å². The molecule has 7 heteroatoms. The van der Waals surface area contributed by atoms with Crippen molar-refractivity contribution >= 4 is 23.0 Å². The molecule has 150 valence electrons. The number of carbonyl (C=O) groups excluding carboxylic acids is 1. The summed E-state index contributed by atoms with van der Waals surface area (Å²) in [6, 6.07) is 14.4. The molecule has 4 heterocycles. The van der Waals surface area contributed by atoms with Crippen LogP contribution in [0.25, 0.3) is 16.6 Å². The molecule has 1 aliphatic heterocycles. The van der Waals surface area contributed by atoms with Crippen LogP contribution in [0, 0.1) is 5.95 Å². The minimum atomic E-state index is -0.498. The van der Waals surface area contributed by atoms with E-state index in [4.69, 9.17) is 11.6 Å². The first-order valence-electron chi connectivity index (χ1n) is 9.71. The third-order valence-corrected chi connectivity index (χ3v) is 5.90. The molecule has 1 amide bonds. The molecule has 0 spiro atoms. The fraction of sp³-hybridized carbons (Fsp3) is 0.174. The number of carbonyl (C=O) groups is 1.